The molecule has 1 amide bonds. The van der Waals surface area contributed by atoms with Crippen LogP contribution in [-0.2, 0) is 21.4 Å². The number of anilines is 1. The summed E-state index contributed by atoms with van der Waals surface area (Å²) >= 11 is 0. The van der Waals surface area contributed by atoms with Gasteiger partial charge in [-0.3, -0.25) is 9.59 Å². The fraction of sp³-hybridized carbons (Fsp3) is 0.429. The number of nitrogens with zero attached hydrogens (tertiary/aromatic N) is 3. The van der Waals surface area contributed by atoms with E-state index in [1.807, 2.05) is 6.07 Å². The van der Waals surface area contributed by atoms with Crippen LogP contribution in [-0.4, -0.2) is 61.8 Å². The fourth-order valence-electron chi connectivity index (χ4n) is 4.41. The molecule has 2 aromatic rings. The van der Waals surface area contributed by atoms with Crippen molar-refractivity contribution in [3.63, 3.8) is 0 Å². The predicted octanol–water partition coefficient (Wildman–Crippen LogP) is 1.16. The maximum atomic E-state index is 13.1. The number of hydrogen-bond donors (Lipinski definition) is 1. The first kappa shape index (κ1) is 20.8. The highest BCUT2D eigenvalue weighted by Gasteiger charge is 2.39. The third-order valence-electron chi connectivity index (χ3n) is 5.69. The smallest absolute Gasteiger partial charge is 0.274 e. The minimum absolute atomic E-state index is 0.0461. The number of rotatable bonds is 5. The molecular formula is C21H26N4O4S. The minimum Gasteiger partial charge on any atom is -0.320 e. The van der Waals surface area contributed by atoms with Crippen LogP contribution < -0.4 is 10.9 Å². The zero-order valence-corrected chi connectivity index (χ0v) is 17.9. The standard InChI is InChI=1S/C21H26N4O4S/c1-23(2)14-20(26)22-18-8-9-19-16-10-15(12-25(19)21(18)27)11-24(13-16)30(28,29)17-6-4-3-5-7-17/h3-9,15-16H,10-14H2,1-2H3,(H,22,26). The lowest BCUT2D eigenvalue weighted by Crippen LogP contribution is -2.49. The van der Waals surface area contributed by atoms with Gasteiger partial charge in [-0.05, 0) is 50.7 Å². The first-order chi connectivity index (χ1) is 14.3. The summed E-state index contributed by atoms with van der Waals surface area (Å²) in [6.45, 7) is 1.37. The minimum atomic E-state index is -3.57. The van der Waals surface area contributed by atoms with Crippen molar-refractivity contribution >= 4 is 21.6 Å². The SMILES string of the molecule is CN(C)CC(=O)Nc1ccc2n(c1=O)CC1CC2CN(S(=O)(=O)c2ccccc2)C1. The van der Waals surface area contributed by atoms with Gasteiger partial charge in [0.25, 0.3) is 5.56 Å². The maximum Gasteiger partial charge on any atom is 0.274 e. The number of carbonyl (C=O) groups is 1. The number of hydrogen-bond acceptors (Lipinski definition) is 5. The zero-order chi connectivity index (χ0) is 21.5. The molecule has 4 rings (SSSR count). The molecule has 160 valence electrons. The third-order valence-corrected chi connectivity index (χ3v) is 7.53. The summed E-state index contributed by atoms with van der Waals surface area (Å²) in [4.78, 5) is 27.0. The van der Waals surface area contributed by atoms with Crippen LogP contribution in [0.3, 0.4) is 0 Å². The monoisotopic (exact) mass is 430 g/mol. The molecule has 2 aliphatic heterocycles. The molecule has 30 heavy (non-hydrogen) atoms. The Morgan fingerprint density at radius 1 is 1.10 bits per heavy atom. The van der Waals surface area contributed by atoms with E-state index in [0.29, 0.717) is 24.5 Å². The number of pyridine rings is 1. The fourth-order valence-corrected chi connectivity index (χ4v) is 5.99. The van der Waals surface area contributed by atoms with Crippen LogP contribution in [0.2, 0.25) is 0 Å². The van der Waals surface area contributed by atoms with Crippen LogP contribution in [0.5, 0.6) is 0 Å². The molecule has 2 aliphatic rings. The lowest BCUT2D eigenvalue weighted by Gasteiger charge is -2.42. The Hall–Kier alpha value is -2.49. The molecule has 1 aromatic carbocycles. The van der Waals surface area contributed by atoms with E-state index in [-0.39, 0.29) is 35.5 Å². The van der Waals surface area contributed by atoms with E-state index in [1.165, 1.54) is 0 Å². The Morgan fingerprint density at radius 3 is 2.53 bits per heavy atom. The van der Waals surface area contributed by atoms with Crippen LogP contribution in [0.15, 0.2) is 52.2 Å². The van der Waals surface area contributed by atoms with Gasteiger partial charge in [-0.15, -0.1) is 0 Å². The summed E-state index contributed by atoms with van der Waals surface area (Å²) in [5.74, 6) is -0.232. The Labute approximate surface area is 176 Å². The van der Waals surface area contributed by atoms with Crippen LogP contribution in [0.25, 0.3) is 0 Å². The van der Waals surface area contributed by atoms with Crippen molar-refractivity contribution < 1.29 is 13.2 Å². The number of benzene rings is 1. The van der Waals surface area contributed by atoms with E-state index in [1.54, 1.807) is 64.3 Å². The van der Waals surface area contributed by atoms with Crippen LogP contribution in [0.4, 0.5) is 5.69 Å². The number of piperidine rings is 1. The molecule has 0 spiro atoms. The largest absolute Gasteiger partial charge is 0.320 e. The van der Waals surface area contributed by atoms with E-state index in [2.05, 4.69) is 5.32 Å². The molecule has 3 heterocycles. The molecule has 2 bridgehead atoms. The van der Waals surface area contributed by atoms with E-state index < -0.39 is 10.0 Å². The molecule has 1 aromatic heterocycles. The molecule has 0 saturated carbocycles. The summed E-state index contributed by atoms with van der Waals surface area (Å²) in [5, 5.41) is 2.69. The third kappa shape index (κ3) is 3.92. The number of fused-ring (bicyclic) bond motifs is 4. The highest BCUT2D eigenvalue weighted by Crippen LogP contribution is 2.37. The molecule has 9 heteroatoms. The summed E-state index contributed by atoms with van der Waals surface area (Å²) in [6.07, 6.45) is 0.854. The summed E-state index contributed by atoms with van der Waals surface area (Å²) in [6, 6.07) is 11.9. The van der Waals surface area contributed by atoms with Crippen molar-refractivity contribution in [2.75, 3.05) is 39.0 Å². The number of nitrogens with one attached hydrogen (secondary N) is 1. The topological polar surface area (TPSA) is 91.7 Å². The van der Waals surface area contributed by atoms with Crippen molar-refractivity contribution in [2.45, 2.75) is 23.8 Å². The van der Waals surface area contributed by atoms with Gasteiger partial charge in [-0.1, -0.05) is 18.2 Å². The normalized spacial score (nSPS) is 21.3. The van der Waals surface area contributed by atoms with Gasteiger partial charge in [-0.2, -0.15) is 4.31 Å². The van der Waals surface area contributed by atoms with Gasteiger partial charge in [0.05, 0.1) is 11.4 Å². The lowest BCUT2D eigenvalue weighted by atomic mass is 9.84. The maximum absolute atomic E-state index is 13.1. The van der Waals surface area contributed by atoms with E-state index in [4.69, 9.17) is 0 Å². The molecule has 0 aliphatic carbocycles. The second-order valence-electron chi connectivity index (χ2n) is 8.31. The van der Waals surface area contributed by atoms with Crippen molar-refractivity contribution in [1.29, 1.82) is 0 Å². The van der Waals surface area contributed by atoms with Crippen LogP contribution >= 0.6 is 0 Å². The van der Waals surface area contributed by atoms with Gasteiger partial charge in [0.2, 0.25) is 15.9 Å². The second-order valence-corrected chi connectivity index (χ2v) is 10.2. The van der Waals surface area contributed by atoms with Crippen LogP contribution in [0.1, 0.15) is 18.0 Å². The Kier molecular flexibility index (Phi) is 5.52. The molecular weight excluding hydrogens is 404 g/mol. The summed E-state index contributed by atoms with van der Waals surface area (Å²) in [7, 11) is 0.00681. The van der Waals surface area contributed by atoms with E-state index in [0.717, 1.165) is 12.1 Å². The average molecular weight is 431 g/mol. The second kappa shape index (κ2) is 7.98. The average Bonchev–Trinajstić information content (AvgIpc) is 2.70. The van der Waals surface area contributed by atoms with Gasteiger partial charge in [0.15, 0.2) is 0 Å². The Bertz CT molecular complexity index is 1110. The predicted molar refractivity (Wildman–Crippen MR) is 114 cm³/mol. The van der Waals surface area contributed by atoms with Gasteiger partial charge < -0.3 is 14.8 Å². The quantitative estimate of drug-likeness (QED) is 0.769. The molecule has 1 saturated heterocycles. The molecule has 1 fully saturated rings. The molecule has 8 nitrogen and oxygen atoms in total. The molecule has 2 atom stereocenters. The summed E-state index contributed by atoms with van der Waals surface area (Å²) < 4.78 is 29.4. The Morgan fingerprint density at radius 2 is 1.83 bits per heavy atom. The van der Waals surface area contributed by atoms with Crippen molar-refractivity contribution in [3.8, 4) is 0 Å². The van der Waals surface area contributed by atoms with Crippen LogP contribution in [0, 0.1) is 5.92 Å². The molecule has 1 N–H and O–H groups in total. The number of likely N-dealkylation sites (N-methyl/N-ethyl adjacent to an activating group) is 1. The van der Waals surface area contributed by atoms with Crippen molar-refractivity contribution in [3.05, 3.63) is 58.5 Å². The van der Waals surface area contributed by atoms with Gasteiger partial charge >= 0.3 is 0 Å². The van der Waals surface area contributed by atoms with Gasteiger partial charge in [0.1, 0.15) is 5.69 Å². The summed E-state index contributed by atoms with van der Waals surface area (Å²) in [5.41, 5.74) is 0.864. The van der Waals surface area contributed by atoms with Gasteiger partial charge in [-0.25, -0.2) is 8.42 Å². The number of aromatic nitrogens is 1. The van der Waals surface area contributed by atoms with Crippen molar-refractivity contribution in [1.82, 2.24) is 13.8 Å². The molecule has 2 unspecified atom stereocenters. The number of amides is 1. The Balaban J connectivity index is 1.60. The van der Waals surface area contributed by atoms with Gasteiger partial charge in [0, 0.05) is 31.2 Å². The number of sulfonamides is 1. The molecule has 0 radical (unpaired) electrons. The van der Waals surface area contributed by atoms with E-state index in [9.17, 15) is 18.0 Å². The van der Waals surface area contributed by atoms with E-state index >= 15 is 0 Å². The lowest BCUT2D eigenvalue weighted by molar-refractivity contribution is -0.116. The zero-order valence-electron chi connectivity index (χ0n) is 17.1. The first-order valence-electron chi connectivity index (χ1n) is 9.99. The van der Waals surface area contributed by atoms with Crippen molar-refractivity contribution in [2.24, 2.45) is 5.92 Å². The first-order valence-corrected chi connectivity index (χ1v) is 11.4. The highest BCUT2D eigenvalue weighted by molar-refractivity contribution is 7.89. The highest BCUT2D eigenvalue weighted by atomic mass is 32.2. The number of carbonyl (C=O) groups excluding carboxylic acids is 1.